The van der Waals surface area contributed by atoms with Crippen LogP contribution in [0.1, 0.15) is 194 Å². The Balaban J connectivity index is 2.33. The Morgan fingerprint density at radius 3 is 1.55 bits per heavy atom. The van der Waals surface area contributed by atoms with Crippen molar-refractivity contribution in [3.63, 3.8) is 0 Å². The average molecular weight is 783 g/mol. The summed E-state index contributed by atoms with van der Waals surface area (Å²) < 4.78 is 22.1. The summed E-state index contributed by atoms with van der Waals surface area (Å²) in [5.41, 5.74) is 0. The van der Waals surface area contributed by atoms with Crippen molar-refractivity contribution in [3.8, 4) is 0 Å². The number of unbranched alkanes of at least 4 members (excludes halogenated alkanes) is 22. The second kappa shape index (κ2) is 36.5. The van der Waals surface area contributed by atoms with Crippen LogP contribution in [0.3, 0.4) is 0 Å². The maximum Gasteiger partial charge on any atom is 0.306 e. The summed E-state index contributed by atoms with van der Waals surface area (Å²) in [7, 11) is 0. The van der Waals surface area contributed by atoms with Gasteiger partial charge in [-0.2, -0.15) is 0 Å². The van der Waals surface area contributed by atoms with Crippen molar-refractivity contribution in [3.05, 3.63) is 24.3 Å². The molecular formula is C45H82O10. The van der Waals surface area contributed by atoms with Gasteiger partial charge in [0.15, 0.2) is 12.4 Å². The largest absolute Gasteiger partial charge is 0.462 e. The summed E-state index contributed by atoms with van der Waals surface area (Å²) in [4.78, 5) is 25.3. The van der Waals surface area contributed by atoms with Crippen molar-refractivity contribution in [1.82, 2.24) is 0 Å². The smallest absolute Gasteiger partial charge is 0.306 e. The predicted octanol–water partition coefficient (Wildman–Crippen LogP) is 9.33. The molecule has 10 heteroatoms. The molecule has 1 fully saturated rings. The van der Waals surface area contributed by atoms with Gasteiger partial charge in [-0.3, -0.25) is 9.59 Å². The molecule has 0 saturated carbocycles. The molecule has 6 atom stereocenters. The van der Waals surface area contributed by atoms with Crippen molar-refractivity contribution >= 4 is 11.9 Å². The van der Waals surface area contributed by atoms with Crippen molar-refractivity contribution in [2.45, 2.75) is 230 Å². The zero-order valence-corrected chi connectivity index (χ0v) is 34.9. The molecule has 0 aromatic rings. The van der Waals surface area contributed by atoms with Gasteiger partial charge in [0.2, 0.25) is 0 Å². The highest BCUT2D eigenvalue weighted by Crippen LogP contribution is 2.23. The normalized spacial score (nSPS) is 20.7. The summed E-state index contributed by atoms with van der Waals surface area (Å²) in [6, 6.07) is 0. The highest BCUT2D eigenvalue weighted by Gasteiger charge is 2.44. The monoisotopic (exact) mass is 783 g/mol. The van der Waals surface area contributed by atoms with E-state index < -0.39 is 49.4 Å². The van der Waals surface area contributed by atoms with Crippen molar-refractivity contribution in [2.24, 2.45) is 0 Å². The van der Waals surface area contributed by atoms with E-state index in [4.69, 9.17) is 18.9 Å². The number of hydrogen-bond donors (Lipinski definition) is 4. The topological polar surface area (TPSA) is 152 Å². The number of allylic oxidation sites excluding steroid dienone is 4. The van der Waals surface area contributed by atoms with Gasteiger partial charge in [0.25, 0.3) is 0 Å². The van der Waals surface area contributed by atoms with Crippen LogP contribution < -0.4 is 0 Å². The van der Waals surface area contributed by atoms with Gasteiger partial charge in [0.1, 0.15) is 31.0 Å². The third-order valence-corrected chi connectivity index (χ3v) is 10.3. The highest BCUT2D eigenvalue weighted by atomic mass is 16.7. The summed E-state index contributed by atoms with van der Waals surface area (Å²) in [5.74, 6) is -0.809. The molecule has 322 valence electrons. The summed E-state index contributed by atoms with van der Waals surface area (Å²) in [6.45, 7) is 3.40. The molecule has 0 aromatic carbocycles. The van der Waals surface area contributed by atoms with E-state index in [1.807, 2.05) is 0 Å². The van der Waals surface area contributed by atoms with Gasteiger partial charge < -0.3 is 39.4 Å². The van der Waals surface area contributed by atoms with Crippen LogP contribution in [-0.2, 0) is 28.5 Å². The van der Waals surface area contributed by atoms with Crippen molar-refractivity contribution in [2.75, 3.05) is 19.8 Å². The summed E-state index contributed by atoms with van der Waals surface area (Å²) >= 11 is 0. The minimum Gasteiger partial charge on any atom is -0.462 e. The van der Waals surface area contributed by atoms with E-state index in [2.05, 4.69) is 38.2 Å². The first-order valence-electron chi connectivity index (χ1n) is 22.4. The Labute approximate surface area is 334 Å². The fourth-order valence-corrected chi connectivity index (χ4v) is 6.75. The zero-order valence-electron chi connectivity index (χ0n) is 34.9. The van der Waals surface area contributed by atoms with E-state index in [-0.39, 0.29) is 32.0 Å². The molecular weight excluding hydrogens is 700 g/mol. The number of rotatable bonds is 37. The van der Waals surface area contributed by atoms with Gasteiger partial charge in [0.05, 0.1) is 13.2 Å². The lowest BCUT2D eigenvalue weighted by molar-refractivity contribution is -0.305. The Kier molecular flexibility index (Phi) is 34.0. The Morgan fingerprint density at radius 2 is 1.02 bits per heavy atom. The second-order valence-electron chi connectivity index (χ2n) is 15.5. The van der Waals surface area contributed by atoms with Crippen LogP contribution in [0.2, 0.25) is 0 Å². The third-order valence-electron chi connectivity index (χ3n) is 10.3. The first kappa shape index (κ1) is 51.2. The molecule has 0 radical (unpaired) electrons. The zero-order chi connectivity index (χ0) is 40.2. The molecule has 0 bridgehead atoms. The molecule has 55 heavy (non-hydrogen) atoms. The molecule has 10 nitrogen and oxygen atoms in total. The quantitative estimate of drug-likeness (QED) is 0.0273. The van der Waals surface area contributed by atoms with Crippen molar-refractivity contribution < 1.29 is 49.0 Å². The molecule has 0 amide bonds. The maximum atomic E-state index is 12.8. The van der Waals surface area contributed by atoms with Gasteiger partial charge >= 0.3 is 11.9 Å². The molecule has 4 N–H and O–H groups in total. The van der Waals surface area contributed by atoms with Crippen LogP contribution in [0.15, 0.2) is 24.3 Å². The predicted molar refractivity (Wildman–Crippen MR) is 219 cm³/mol. The van der Waals surface area contributed by atoms with Crippen LogP contribution >= 0.6 is 0 Å². The summed E-state index contributed by atoms with van der Waals surface area (Å²) in [5, 5.41) is 40.0. The van der Waals surface area contributed by atoms with Crippen molar-refractivity contribution in [1.29, 1.82) is 0 Å². The number of aliphatic hydroxyl groups is 4. The number of carbonyl (C=O) groups is 2. The van der Waals surface area contributed by atoms with E-state index in [0.29, 0.717) is 6.42 Å². The lowest BCUT2D eigenvalue weighted by Crippen LogP contribution is -2.59. The van der Waals surface area contributed by atoms with Gasteiger partial charge in [-0.25, -0.2) is 0 Å². The first-order valence-corrected chi connectivity index (χ1v) is 22.4. The molecule has 0 spiro atoms. The SMILES string of the molecule is CCCCC/C=C/C/C=C/CCCCCCCCCC(=O)O[C@H](COC(=O)CCCCCCCCCCCCCCC)CO[C@@H]1O[C@H](CO)[C@H](O)C(O)C1O. The van der Waals surface area contributed by atoms with Gasteiger partial charge in [-0.05, 0) is 44.9 Å². The fourth-order valence-electron chi connectivity index (χ4n) is 6.75. The van der Waals surface area contributed by atoms with Gasteiger partial charge in [0, 0.05) is 12.8 Å². The number of esters is 2. The average Bonchev–Trinajstić information content (AvgIpc) is 3.18. The number of ether oxygens (including phenoxy) is 4. The minimum atomic E-state index is -1.59. The first-order chi connectivity index (χ1) is 26.8. The standard InChI is InChI=1S/C45H82O10/c1-3-5-7-9-11-13-15-17-18-19-20-22-24-26-28-30-32-34-41(48)54-38(37-53-45-44(51)43(50)42(49)39(35-46)55-45)36-52-40(47)33-31-29-27-25-23-21-16-14-12-10-8-6-4-2/h11,13,17-18,38-39,42-46,49-51H,3-10,12,14-16,19-37H2,1-2H3/b13-11+,18-17+/t38-,39-,42+,43?,44?,45-/m1/s1. The minimum absolute atomic E-state index is 0.217. The molecule has 0 aromatic heterocycles. The van der Waals surface area contributed by atoms with Crippen LogP contribution in [0.5, 0.6) is 0 Å². The molecule has 1 aliphatic heterocycles. The Morgan fingerprint density at radius 1 is 0.564 bits per heavy atom. The molecule has 1 saturated heterocycles. The fraction of sp³-hybridized carbons (Fsp3) is 0.867. The molecule has 2 unspecified atom stereocenters. The third kappa shape index (κ3) is 28.3. The second-order valence-corrected chi connectivity index (χ2v) is 15.5. The van der Waals surface area contributed by atoms with Crippen LogP contribution in [0, 0.1) is 0 Å². The highest BCUT2D eigenvalue weighted by molar-refractivity contribution is 5.70. The Bertz CT molecular complexity index is 954. The number of hydrogen-bond acceptors (Lipinski definition) is 10. The number of carbonyl (C=O) groups excluding carboxylic acids is 2. The lowest BCUT2D eigenvalue weighted by Gasteiger charge is -2.39. The number of aliphatic hydroxyl groups excluding tert-OH is 4. The van der Waals surface area contributed by atoms with Crippen LogP contribution in [0.25, 0.3) is 0 Å². The van der Waals surface area contributed by atoms with Gasteiger partial charge in [-0.1, -0.05) is 160 Å². The molecule has 1 heterocycles. The van der Waals surface area contributed by atoms with E-state index in [9.17, 15) is 30.0 Å². The van der Waals surface area contributed by atoms with Gasteiger partial charge in [-0.15, -0.1) is 0 Å². The molecule has 1 rings (SSSR count). The van der Waals surface area contributed by atoms with E-state index in [0.717, 1.165) is 51.4 Å². The van der Waals surface area contributed by atoms with E-state index in [1.54, 1.807) is 0 Å². The summed E-state index contributed by atoms with van der Waals surface area (Å²) in [6.07, 6.45) is 31.8. The molecule has 0 aliphatic carbocycles. The lowest BCUT2D eigenvalue weighted by atomic mass is 9.99. The maximum absolute atomic E-state index is 12.8. The van der Waals surface area contributed by atoms with E-state index >= 15 is 0 Å². The van der Waals surface area contributed by atoms with Crippen LogP contribution in [0.4, 0.5) is 0 Å². The van der Waals surface area contributed by atoms with E-state index in [1.165, 1.54) is 109 Å². The Hall–Kier alpha value is -1.82. The van der Waals surface area contributed by atoms with Crippen LogP contribution in [-0.4, -0.2) is 89.0 Å². The molecule has 1 aliphatic rings.